The minimum atomic E-state index is 0.00750. The standard InChI is InChI=1S/C14H18N2O/c1-9-6-7-11(15-8-9)13-10-4-3-5-12(10)16(2)14(13)17/h6-8,10,12-13H,3-5H2,1-2H3/t10-,12+,13-/m1/s1. The second kappa shape index (κ2) is 3.83. The topological polar surface area (TPSA) is 33.2 Å². The van der Waals surface area contributed by atoms with Crippen molar-refractivity contribution >= 4 is 5.91 Å². The van der Waals surface area contributed by atoms with E-state index in [4.69, 9.17) is 0 Å². The van der Waals surface area contributed by atoms with Gasteiger partial charge in [0.1, 0.15) is 0 Å². The minimum absolute atomic E-state index is 0.00750. The van der Waals surface area contributed by atoms with Crippen LogP contribution in [0.15, 0.2) is 18.3 Å². The molecule has 1 saturated carbocycles. The van der Waals surface area contributed by atoms with Crippen LogP contribution in [0.25, 0.3) is 0 Å². The Labute approximate surface area is 102 Å². The number of carbonyl (C=O) groups excluding carboxylic acids is 1. The van der Waals surface area contributed by atoms with Crippen molar-refractivity contribution in [1.82, 2.24) is 9.88 Å². The lowest BCUT2D eigenvalue weighted by Gasteiger charge is -2.17. The molecule has 3 heteroatoms. The van der Waals surface area contributed by atoms with Crippen LogP contribution in [-0.4, -0.2) is 28.9 Å². The van der Waals surface area contributed by atoms with Gasteiger partial charge in [0.25, 0.3) is 0 Å². The maximum atomic E-state index is 12.3. The molecule has 0 unspecified atom stereocenters. The molecule has 3 rings (SSSR count). The highest BCUT2D eigenvalue weighted by molar-refractivity contribution is 5.86. The van der Waals surface area contributed by atoms with E-state index in [1.165, 1.54) is 12.8 Å². The molecular weight excluding hydrogens is 212 g/mol. The van der Waals surface area contributed by atoms with E-state index in [2.05, 4.69) is 11.1 Å². The molecule has 0 N–H and O–H groups in total. The van der Waals surface area contributed by atoms with Crippen molar-refractivity contribution in [2.75, 3.05) is 7.05 Å². The molecule has 0 radical (unpaired) electrons. The summed E-state index contributed by atoms with van der Waals surface area (Å²) in [6, 6.07) is 4.53. The Morgan fingerprint density at radius 3 is 2.88 bits per heavy atom. The Bertz CT molecular complexity index is 440. The van der Waals surface area contributed by atoms with Gasteiger partial charge in [-0.15, -0.1) is 0 Å². The molecule has 1 amide bonds. The van der Waals surface area contributed by atoms with Gasteiger partial charge in [-0.1, -0.05) is 12.5 Å². The Hall–Kier alpha value is -1.38. The van der Waals surface area contributed by atoms with Gasteiger partial charge in [-0.3, -0.25) is 9.78 Å². The summed E-state index contributed by atoms with van der Waals surface area (Å²) in [5.41, 5.74) is 2.11. The third-order valence-corrected chi connectivity index (χ3v) is 4.32. The van der Waals surface area contributed by atoms with Crippen LogP contribution in [-0.2, 0) is 4.79 Å². The molecule has 3 nitrogen and oxygen atoms in total. The Balaban J connectivity index is 1.96. The highest BCUT2D eigenvalue weighted by Crippen LogP contribution is 2.45. The fourth-order valence-electron chi connectivity index (χ4n) is 3.41. The first-order valence-electron chi connectivity index (χ1n) is 6.37. The van der Waals surface area contributed by atoms with Crippen molar-refractivity contribution in [2.24, 2.45) is 5.92 Å². The summed E-state index contributed by atoms with van der Waals surface area (Å²) in [6.07, 6.45) is 5.44. The Kier molecular flexibility index (Phi) is 2.42. The van der Waals surface area contributed by atoms with E-state index >= 15 is 0 Å². The lowest BCUT2D eigenvalue weighted by molar-refractivity contribution is -0.129. The van der Waals surface area contributed by atoms with E-state index in [-0.39, 0.29) is 11.8 Å². The molecule has 1 aliphatic carbocycles. The zero-order valence-corrected chi connectivity index (χ0v) is 10.4. The summed E-state index contributed by atoms with van der Waals surface area (Å²) in [4.78, 5) is 18.7. The number of aryl methyl sites for hydroxylation is 1. The fourth-order valence-corrected chi connectivity index (χ4v) is 3.41. The van der Waals surface area contributed by atoms with Crippen molar-refractivity contribution in [1.29, 1.82) is 0 Å². The Morgan fingerprint density at radius 1 is 1.35 bits per heavy atom. The Morgan fingerprint density at radius 2 is 2.18 bits per heavy atom. The average Bonchev–Trinajstić information content (AvgIpc) is 2.87. The number of nitrogens with zero attached hydrogens (tertiary/aromatic N) is 2. The maximum absolute atomic E-state index is 12.3. The van der Waals surface area contributed by atoms with Gasteiger partial charge in [-0.05, 0) is 37.3 Å². The van der Waals surface area contributed by atoms with E-state index in [0.717, 1.165) is 17.7 Å². The predicted molar refractivity (Wildman–Crippen MR) is 65.6 cm³/mol. The molecule has 0 bridgehead atoms. The highest BCUT2D eigenvalue weighted by atomic mass is 16.2. The monoisotopic (exact) mass is 230 g/mol. The molecule has 17 heavy (non-hydrogen) atoms. The van der Waals surface area contributed by atoms with Crippen molar-refractivity contribution in [3.63, 3.8) is 0 Å². The summed E-state index contributed by atoms with van der Waals surface area (Å²) in [7, 11) is 1.94. The molecule has 2 heterocycles. The summed E-state index contributed by atoms with van der Waals surface area (Å²) in [5, 5.41) is 0. The van der Waals surface area contributed by atoms with E-state index < -0.39 is 0 Å². The van der Waals surface area contributed by atoms with Crippen LogP contribution < -0.4 is 0 Å². The second-order valence-electron chi connectivity index (χ2n) is 5.35. The van der Waals surface area contributed by atoms with Crippen LogP contribution in [0.3, 0.4) is 0 Å². The van der Waals surface area contributed by atoms with Crippen molar-refractivity contribution in [3.8, 4) is 0 Å². The molecule has 3 atom stereocenters. The van der Waals surface area contributed by atoms with Crippen LogP contribution in [0.1, 0.15) is 36.4 Å². The lowest BCUT2D eigenvalue weighted by Crippen LogP contribution is -2.29. The molecule has 2 aliphatic rings. The van der Waals surface area contributed by atoms with Crippen LogP contribution in [0.5, 0.6) is 0 Å². The first-order chi connectivity index (χ1) is 8.18. The first-order valence-corrected chi connectivity index (χ1v) is 6.37. The third kappa shape index (κ3) is 1.56. The van der Waals surface area contributed by atoms with E-state index in [0.29, 0.717) is 12.0 Å². The normalized spacial score (nSPS) is 32.0. The minimum Gasteiger partial charge on any atom is -0.342 e. The second-order valence-corrected chi connectivity index (χ2v) is 5.35. The average molecular weight is 230 g/mol. The number of likely N-dealkylation sites (N-methyl/N-ethyl adjacent to an activating group) is 1. The van der Waals surface area contributed by atoms with Crippen LogP contribution in [0.4, 0.5) is 0 Å². The smallest absolute Gasteiger partial charge is 0.232 e. The van der Waals surface area contributed by atoms with Crippen molar-refractivity contribution in [2.45, 2.75) is 38.1 Å². The van der Waals surface area contributed by atoms with Gasteiger partial charge in [0.2, 0.25) is 5.91 Å². The number of pyridine rings is 1. The zero-order chi connectivity index (χ0) is 12.0. The van der Waals surface area contributed by atoms with E-state index in [1.807, 2.05) is 31.1 Å². The predicted octanol–water partition coefficient (Wildman–Crippen LogP) is 2.11. The van der Waals surface area contributed by atoms with Gasteiger partial charge in [0.05, 0.1) is 11.6 Å². The van der Waals surface area contributed by atoms with E-state index in [9.17, 15) is 4.79 Å². The molecule has 1 aliphatic heterocycles. The number of hydrogen-bond donors (Lipinski definition) is 0. The molecule has 0 spiro atoms. The summed E-state index contributed by atoms with van der Waals surface area (Å²) in [6.45, 7) is 2.03. The summed E-state index contributed by atoms with van der Waals surface area (Å²) >= 11 is 0. The van der Waals surface area contributed by atoms with Crippen molar-refractivity contribution in [3.05, 3.63) is 29.6 Å². The fraction of sp³-hybridized carbons (Fsp3) is 0.571. The number of rotatable bonds is 1. The van der Waals surface area contributed by atoms with Gasteiger partial charge in [-0.2, -0.15) is 0 Å². The molecule has 90 valence electrons. The number of likely N-dealkylation sites (tertiary alicyclic amines) is 1. The first kappa shape index (κ1) is 10.8. The number of aromatic nitrogens is 1. The summed E-state index contributed by atoms with van der Waals surface area (Å²) < 4.78 is 0. The maximum Gasteiger partial charge on any atom is 0.232 e. The molecular formula is C14H18N2O. The lowest BCUT2D eigenvalue weighted by atomic mass is 9.89. The number of fused-ring (bicyclic) bond motifs is 1. The van der Waals surface area contributed by atoms with E-state index in [1.54, 1.807) is 0 Å². The highest BCUT2D eigenvalue weighted by Gasteiger charge is 2.49. The molecule has 1 aromatic rings. The van der Waals surface area contributed by atoms with Crippen LogP contribution in [0.2, 0.25) is 0 Å². The van der Waals surface area contributed by atoms with Crippen molar-refractivity contribution < 1.29 is 4.79 Å². The van der Waals surface area contributed by atoms with Gasteiger partial charge < -0.3 is 4.90 Å². The van der Waals surface area contributed by atoms with Crippen LogP contribution >= 0.6 is 0 Å². The van der Waals surface area contributed by atoms with Crippen LogP contribution in [0, 0.1) is 12.8 Å². The SMILES string of the molecule is Cc1ccc([C@@H]2C(=O)N(C)[C@H]3CCC[C@@H]23)nc1. The molecule has 1 saturated heterocycles. The van der Waals surface area contributed by atoms with Gasteiger partial charge >= 0.3 is 0 Å². The molecule has 2 fully saturated rings. The summed E-state index contributed by atoms with van der Waals surface area (Å²) in [5.74, 6) is 0.756. The zero-order valence-electron chi connectivity index (χ0n) is 10.4. The number of carbonyl (C=O) groups is 1. The van der Waals surface area contributed by atoms with Gasteiger partial charge in [0.15, 0.2) is 0 Å². The quantitative estimate of drug-likeness (QED) is 0.740. The van der Waals surface area contributed by atoms with Gasteiger partial charge in [-0.25, -0.2) is 0 Å². The largest absolute Gasteiger partial charge is 0.342 e. The third-order valence-electron chi connectivity index (χ3n) is 4.32. The number of hydrogen-bond acceptors (Lipinski definition) is 2. The molecule has 1 aromatic heterocycles. The number of amides is 1. The molecule has 0 aromatic carbocycles. The van der Waals surface area contributed by atoms with Gasteiger partial charge in [0, 0.05) is 19.3 Å².